The monoisotopic (exact) mass is 320 g/mol. The Labute approximate surface area is 132 Å². The molecule has 1 atom stereocenters. The number of hydrogen-bond acceptors (Lipinski definition) is 1. The average Bonchev–Trinajstić information content (AvgIpc) is 2.83. The van der Waals surface area contributed by atoms with Crippen molar-refractivity contribution in [2.45, 2.75) is 76.5 Å². The highest BCUT2D eigenvalue weighted by Gasteiger charge is 2.12. The molecule has 0 aliphatic rings. The Morgan fingerprint density at radius 3 is 2.11 bits per heavy atom. The van der Waals surface area contributed by atoms with Gasteiger partial charge in [0.25, 0.3) is 0 Å². The third-order valence-corrected chi connectivity index (χ3v) is 5.53. The van der Waals surface area contributed by atoms with Gasteiger partial charge in [-0.05, 0) is 17.9 Å². The van der Waals surface area contributed by atoms with E-state index in [0.717, 1.165) is 16.3 Å². The van der Waals surface area contributed by atoms with Crippen LogP contribution in [0.3, 0.4) is 0 Å². The minimum atomic E-state index is 0.108. The van der Waals surface area contributed by atoms with Gasteiger partial charge in [-0.2, -0.15) is 0 Å². The predicted molar refractivity (Wildman–Crippen MR) is 89.8 cm³/mol. The zero-order valence-electron chi connectivity index (χ0n) is 12.0. The smallest absolute Gasteiger partial charge is 0.0693 e. The molecule has 1 rings (SSSR count). The molecule has 0 bridgehead atoms. The van der Waals surface area contributed by atoms with E-state index in [0.29, 0.717) is 0 Å². The van der Waals surface area contributed by atoms with Crippen molar-refractivity contribution in [3.63, 3.8) is 0 Å². The quantitative estimate of drug-likeness (QED) is 0.291. The third kappa shape index (κ3) is 7.58. The topological polar surface area (TPSA) is 0 Å². The zero-order chi connectivity index (χ0) is 13.9. The summed E-state index contributed by atoms with van der Waals surface area (Å²) in [5.41, 5.74) is 0. The second kappa shape index (κ2) is 11.0. The zero-order valence-corrected chi connectivity index (χ0v) is 14.3. The van der Waals surface area contributed by atoms with Crippen molar-refractivity contribution >= 4 is 34.5 Å². The highest BCUT2D eigenvalue weighted by molar-refractivity contribution is 7.11. The molecule has 0 aliphatic heterocycles. The molecule has 3 heteroatoms. The van der Waals surface area contributed by atoms with Crippen LogP contribution >= 0.6 is 34.5 Å². The number of thiophene rings is 1. The first-order valence-corrected chi connectivity index (χ1v) is 9.32. The molecule has 0 fully saturated rings. The molecule has 0 N–H and O–H groups in total. The molecule has 1 heterocycles. The summed E-state index contributed by atoms with van der Waals surface area (Å²) < 4.78 is 0. The Bertz CT molecular complexity index is 322. The molecule has 0 amide bonds. The van der Waals surface area contributed by atoms with Crippen LogP contribution in [0.2, 0.25) is 5.02 Å². The van der Waals surface area contributed by atoms with Crippen molar-refractivity contribution in [3.8, 4) is 0 Å². The summed E-state index contributed by atoms with van der Waals surface area (Å²) in [6, 6.07) is 1.94. The van der Waals surface area contributed by atoms with Gasteiger partial charge in [0.2, 0.25) is 0 Å². The van der Waals surface area contributed by atoms with Gasteiger partial charge in [-0.25, -0.2) is 0 Å². The molecule has 110 valence electrons. The van der Waals surface area contributed by atoms with E-state index in [9.17, 15) is 0 Å². The Morgan fingerprint density at radius 2 is 1.58 bits per heavy atom. The predicted octanol–water partition coefficient (Wildman–Crippen LogP) is 7.60. The Kier molecular flexibility index (Phi) is 10.0. The molecule has 0 radical (unpaired) electrons. The van der Waals surface area contributed by atoms with Crippen molar-refractivity contribution in [1.82, 2.24) is 0 Å². The highest BCUT2D eigenvalue weighted by atomic mass is 35.5. The summed E-state index contributed by atoms with van der Waals surface area (Å²) in [5.74, 6) is 0. The Morgan fingerprint density at radius 1 is 1.00 bits per heavy atom. The van der Waals surface area contributed by atoms with E-state index in [1.54, 1.807) is 11.3 Å². The number of hydrogen-bond donors (Lipinski definition) is 0. The lowest BCUT2D eigenvalue weighted by Crippen LogP contribution is -1.88. The molecule has 1 aromatic heterocycles. The van der Waals surface area contributed by atoms with Gasteiger partial charge < -0.3 is 0 Å². The van der Waals surface area contributed by atoms with Crippen molar-refractivity contribution in [3.05, 3.63) is 21.3 Å². The second-order valence-electron chi connectivity index (χ2n) is 5.22. The molecule has 1 unspecified atom stereocenters. The lowest BCUT2D eigenvalue weighted by molar-refractivity contribution is 0.555. The van der Waals surface area contributed by atoms with Crippen LogP contribution in [-0.4, -0.2) is 0 Å². The van der Waals surface area contributed by atoms with Gasteiger partial charge in [-0.3, -0.25) is 0 Å². The minimum Gasteiger partial charge on any atom is -0.146 e. The summed E-state index contributed by atoms with van der Waals surface area (Å²) in [7, 11) is 0. The first-order valence-electron chi connectivity index (χ1n) is 7.62. The molecule has 1 aromatic rings. The van der Waals surface area contributed by atoms with E-state index in [4.69, 9.17) is 23.2 Å². The number of halogens is 2. The fraction of sp³-hybridized carbons (Fsp3) is 0.750. The Hall–Kier alpha value is 0.280. The summed E-state index contributed by atoms with van der Waals surface area (Å²) in [5, 5.41) is 2.96. The van der Waals surface area contributed by atoms with Crippen LogP contribution in [0.25, 0.3) is 0 Å². The van der Waals surface area contributed by atoms with E-state index >= 15 is 0 Å². The van der Waals surface area contributed by atoms with Crippen LogP contribution in [0, 0.1) is 0 Å². The fourth-order valence-electron chi connectivity index (χ4n) is 2.29. The SMILES string of the molecule is CCCCCCCCCCCC(Cl)c1sccc1Cl. The molecule has 0 saturated carbocycles. The van der Waals surface area contributed by atoms with Gasteiger partial charge in [0.05, 0.1) is 10.4 Å². The van der Waals surface area contributed by atoms with Crippen molar-refractivity contribution < 1.29 is 0 Å². The lowest BCUT2D eigenvalue weighted by Gasteiger charge is -2.08. The maximum absolute atomic E-state index is 6.38. The first kappa shape index (κ1) is 17.3. The van der Waals surface area contributed by atoms with Gasteiger partial charge in [-0.15, -0.1) is 22.9 Å². The van der Waals surface area contributed by atoms with Crippen LogP contribution < -0.4 is 0 Å². The molecule has 0 saturated heterocycles. The average molecular weight is 321 g/mol. The number of unbranched alkanes of at least 4 members (excludes halogenated alkanes) is 8. The molecule has 0 aliphatic carbocycles. The largest absolute Gasteiger partial charge is 0.146 e. The van der Waals surface area contributed by atoms with Crippen LogP contribution in [0.5, 0.6) is 0 Å². The van der Waals surface area contributed by atoms with Crippen LogP contribution in [0.4, 0.5) is 0 Å². The maximum Gasteiger partial charge on any atom is 0.0693 e. The number of alkyl halides is 1. The third-order valence-electron chi connectivity index (χ3n) is 3.49. The normalized spacial score (nSPS) is 12.8. The van der Waals surface area contributed by atoms with Crippen LogP contribution in [0.1, 0.15) is 81.4 Å². The standard InChI is InChI=1S/C16H26Cl2S/c1-2-3-4-5-6-7-8-9-10-11-14(17)16-15(18)12-13-19-16/h12-14H,2-11H2,1H3. The summed E-state index contributed by atoms with van der Waals surface area (Å²) in [6.45, 7) is 2.27. The molecular weight excluding hydrogens is 295 g/mol. The number of rotatable bonds is 11. The summed E-state index contributed by atoms with van der Waals surface area (Å²) in [6.07, 6.45) is 13.3. The molecule has 0 aromatic carbocycles. The van der Waals surface area contributed by atoms with Crippen LogP contribution in [-0.2, 0) is 0 Å². The highest BCUT2D eigenvalue weighted by Crippen LogP contribution is 2.35. The van der Waals surface area contributed by atoms with Gasteiger partial charge in [-0.1, -0.05) is 76.3 Å². The minimum absolute atomic E-state index is 0.108. The fourth-order valence-corrected chi connectivity index (χ4v) is 3.98. The van der Waals surface area contributed by atoms with Gasteiger partial charge in [0.1, 0.15) is 0 Å². The van der Waals surface area contributed by atoms with Crippen molar-refractivity contribution in [2.75, 3.05) is 0 Å². The lowest BCUT2D eigenvalue weighted by atomic mass is 10.1. The maximum atomic E-state index is 6.38. The van der Waals surface area contributed by atoms with E-state index in [1.807, 2.05) is 11.4 Å². The first-order chi connectivity index (χ1) is 9.25. The summed E-state index contributed by atoms with van der Waals surface area (Å²) in [4.78, 5) is 1.14. The van der Waals surface area contributed by atoms with E-state index in [1.165, 1.54) is 57.8 Å². The summed E-state index contributed by atoms with van der Waals surface area (Å²) >= 11 is 14.1. The van der Waals surface area contributed by atoms with Gasteiger partial charge in [0, 0.05) is 4.88 Å². The molecule has 0 nitrogen and oxygen atoms in total. The molecule has 19 heavy (non-hydrogen) atoms. The second-order valence-corrected chi connectivity index (χ2v) is 7.10. The van der Waals surface area contributed by atoms with E-state index in [-0.39, 0.29) is 5.38 Å². The van der Waals surface area contributed by atoms with E-state index < -0.39 is 0 Å². The molecule has 0 spiro atoms. The van der Waals surface area contributed by atoms with Gasteiger partial charge in [0.15, 0.2) is 0 Å². The van der Waals surface area contributed by atoms with Crippen LogP contribution in [0.15, 0.2) is 11.4 Å². The Balaban J connectivity index is 1.95. The molecular formula is C16H26Cl2S. The van der Waals surface area contributed by atoms with E-state index in [2.05, 4.69) is 6.92 Å². The van der Waals surface area contributed by atoms with Crippen molar-refractivity contribution in [1.29, 1.82) is 0 Å². The van der Waals surface area contributed by atoms with Crippen molar-refractivity contribution in [2.24, 2.45) is 0 Å². The van der Waals surface area contributed by atoms with Gasteiger partial charge >= 0.3 is 0 Å².